The maximum atomic E-state index is 12.6. The summed E-state index contributed by atoms with van der Waals surface area (Å²) in [5.74, 6) is 3.28. The third-order valence-corrected chi connectivity index (χ3v) is 6.20. The van der Waals surface area contributed by atoms with E-state index < -0.39 is 0 Å². The van der Waals surface area contributed by atoms with Gasteiger partial charge in [0.2, 0.25) is 0 Å². The second kappa shape index (κ2) is 11.1. The second-order valence-electron chi connectivity index (χ2n) is 8.73. The SMILES string of the molecule is COc1ccc(-c2ccc(N3CCN(C(=O)COc4ccc(C(C)C)cc4)CC3)nn2)cc1OC. The molecule has 0 saturated carbocycles. The highest BCUT2D eigenvalue weighted by atomic mass is 16.5. The van der Waals surface area contributed by atoms with Gasteiger partial charge in [-0.3, -0.25) is 4.79 Å². The molecule has 1 fully saturated rings. The van der Waals surface area contributed by atoms with E-state index in [-0.39, 0.29) is 12.5 Å². The molecule has 184 valence electrons. The Morgan fingerprint density at radius 2 is 1.60 bits per heavy atom. The maximum absolute atomic E-state index is 12.6. The molecule has 2 aromatic carbocycles. The fraction of sp³-hybridized carbons (Fsp3) is 0.370. The number of hydrogen-bond donors (Lipinski definition) is 0. The van der Waals surface area contributed by atoms with Crippen LogP contribution in [0.1, 0.15) is 25.3 Å². The van der Waals surface area contributed by atoms with Crippen LogP contribution in [0.2, 0.25) is 0 Å². The van der Waals surface area contributed by atoms with Gasteiger partial charge in [0.05, 0.1) is 19.9 Å². The van der Waals surface area contributed by atoms with Crippen molar-refractivity contribution in [3.05, 3.63) is 60.2 Å². The quantitative estimate of drug-likeness (QED) is 0.486. The molecule has 35 heavy (non-hydrogen) atoms. The lowest BCUT2D eigenvalue weighted by atomic mass is 10.0. The van der Waals surface area contributed by atoms with E-state index in [1.165, 1.54) is 5.56 Å². The van der Waals surface area contributed by atoms with Crippen LogP contribution in [0.4, 0.5) is 5.82 Å². The van der Waals surface area contributed by atoms with Crippen LogP contribution in [0.5, 0.6) is 17.2 Å². The monoisotopic (exact) mass is 476 g/mol. The Bertz CT molecular complexity index is 1120. The number of nitrogens with zero attached hydrogens (tertiary/aromatic N) is 4. The number of carbonyl (C=O) groups excluding carboxylic acids is 1. The molecule has 8 nitrogen and oxygen atoms in total. The minimum absolute atomic E-state index is 0.00697. The summed E-state index contributed by atoms with van der Waals surface area (Å²) in [7, 11) is 3.22. The fourth-order valence-electron chi connectivity index (χ4n) is 4.01. The maximum Gasteiger partial charge on any atom is 0.260 e. The number of aromatic nitrogens is 2. The molecule has 0 spiro atoms. The van der Waals surface area contributed by atoms with Gasteiger partial charge >= 0.3 is 0 Å². The number of piperazine rings is 1. The number of ether oxygens (including phenoxy) is 3. The molecule has 0 bridgehead atoms. The highest BCUT2D eigenvalue weighted by molar-refractivity contribution is 5.78. The van der Waals surface area contributed by atoms with Crippen LogP contribution in [0.25, 0.3) is 11.3 Å². The van der Waals surface area contributed by atoms with Crippen molar-refractivity contribution in [2.45, 2.75) is 19.8 Å². The first kappa shape index (κ1) is 24.3. The third kappa shape index (κ3) is 5.82. The van der Waals surface area contributed by atoms with Crippen LogP contribution < -0.4 is 19.1 Å². The molecule has 1 saturated heterocycles. The second-order valence-corrected chi connectivity index (χ2v) is 8.73. The van der Waals surface area contributed by atoms with Crippen molar-refractivity contribution in [2.75, 3.05) is 51.9 Å². The van der Waals surface area contributed by atoms with Gasteiger partial charge in [-0.1, -0.05) is 26.0 Å². The standard InChI is InChI=1S/C27H32N4O4/c1-19(2)20-5-8-22(9-6-20)35-18-27(32)31-15-13-30(14-16-31)26-12-10-23(28-29-26)21-7-11-24(33-3)25(17-21)34-4/h5-12,17,19H,13-16,18H2,1-4H3. The van der Waals surface area contributed by atoms with Crippen LogP contribution in [-0.2, 0) is 4.79 Å². The number of anilines is 1. The Labute approximate surface area is 206 Å². The van der Waals surface area contributed by atoms with Crippen LogP contribution in [0, 0.1) is 0 Å². The minimum Gasteiger partial charge on any atom is -0.493 e. The van der Waals surface area contributed by atoms with E-state index in [1.807, 2.05) is 59.5 Å². The van der Waals surface area contributed by atoms with E-state index in [1.54, 1.807) is 14.2 Å². The molecule has 1 aliphatic heterocycles. The predicted octanol–water partition coefficient (Wildman–Crippen LogP) is 4.01. The van der Waals surface area contributed by atoms with Crippen LogP contribution >= 0.6 is 0 Å². The van der Waals surface area contributed by atoms with Gasteiger partial charge in [0.25, 0.3) is 5.91 Å². The molecule has 0 unspecified atom stereocenters. The summed E-state index contributed by atoms with van der Waals surface area (Å²) >= 11 is 0. The first-order valence-corrected chi connectivity index (χ1v) is 11.8. The molecule has 8 heteroatoms. The van der Waals surface area contributed by atoms with E-state index in [0.29, 0.717) is 49.3 Å². The van der Waals surface area contributed by atoms with Gasteiger partial charge in [-0.25, -0.2) is 0 Å². The number of methoxy groups -OCH3 is 2. The summed E-state index contributed by atoms with van der Waals surface area (Å²) in [6.07, 6.45) is 0. The molecule has 4 rings (SSSR count). The first-order valence-electron chi connectivity index (χ1n) is 11.8. The van der Waals surface area contributed by atoms with Crippen molar-refractivity contribution in [3.8, 4) is 28.5 Å². The Morgan fingerprint density at radius 3 is 2.20 bits per heavy atom. The van der Waals surface area contributed by atoms with Crippen molar-refractivity contribution >= 4 is 11.7 Å². The normalized spacial score (nSPS) is 13.6. The van der Waals surface area contributed by atoms with Crippen LogP contribution in [-0.4, -0.2) is 68.0 Å². The fourth-order valence-corrected chi connectivity index (χ4v) is 4.01. The first-order chi connectivity index (χ1) is 17.0. The largest absolute Gasteiger partial charge is 0.493 e. The molecule has 0 radical (unpaired) electrons. The lowest BCUT2D eigenvalue weighted by Crippen LogP contribution is -2.50. The van der Waals surface area contributed by atoms with E-state index in [4.69, 9.17) is 14.2 Å². The topological polar surface area (TPSA) is 77.0 Å². The molecule has 0 atom stereocenters. The Hall–Kier alpha value is -3.81. The minimum atomic E-state index is -0.00697. The van der Waals surface area contributed by atoms with E-state index in [9.17, 15) is 4.79 Å². The Kier molecular flexibility index (Phi) is 7.70. The molecule has 1 amide bonds. The molecule has 1 aromatic heterocycles. The zero-order valence-corrected chi connectivity index (χ0v) is 20.7. The van der Waals surface area contributed by atoms with Crippen molar-refractivity contribution in [1.82, 2.24) is 15.1 Å². The number of rotatable bonds is 8. The average molecular weight is 477 g/mol. The molecule has 0 aliphatic carbocycles. The van der Waals surface area contributed by atoms with Gasteiger partial charge in [-0.05, 0) is 53.9 Å². The van der Waals surface area contributed by atoms with Gasteiger partial charge in [0.15, 0.2) is 23.9 Å². The molecule has 0 N–H and O–H groups in total. The smallest absolute Gasteiger partial charge is 0.260 e. The zero-order chi connectivity index (χ0) is 24.8. The van der Waals surface area contributed by atoms with Gasteiger partial charge in [0, 0.05) is 31.7 Å². The van der Waals surface area contributed by atoms with Crippen LogP contribution in [0.3, 0.4) is 0 Å². The lowest BCUT2D eigenvalue weighted by Gasteiger charge is -2.35. The van der Waals surface area contributed by atoms with Gasteiger partial charge in [-0.15, -0.1) is 10.2 Å². The Morgan fingerprint density at radius 1 is 0.886 bits per heavy atom. The summed E-state index contributed by atoms with van der Waals surface area (Å²) < 4.78 is 16.4. The van der Waals surface area contributed by atoms with Crippen molar-refractivity contribution in [1.29, 1.82) is 0 Å². The van der Waals surface area contributed by atoms with E-state index >= 15 is 0 Å². The van der Waals surface area contributed by atoms with Gasteiger partial charge in [-0.2, -0.15) is 0 Å². The van der Waals surface area contributed by atoms with Crippen molar-refractivity contribution in [3.63, 3.8) is 0 Å². The summed E-state index contributed by atoms with van der Waals surface area (Å²) in [5, 5.41) is 8.82. The molecule has 2 heterocycles. The zero-order valence-electron chi connectivity index (χ0n) is 20.7. The summed E-state index contributed by atoms with van der Waals surface area (Å²) in [6, 6.07) is 17.5. The van der Waals surface area contributed by atoms with E-state index in [0.717, 1.165) is 17.1 Å². The number of carbonyl (C=O) groups is 1. The Balaban J connectivity index is 1.29. The van der Waals surface area contributed by atoms with Crippen molar-refractivity contribution in [2.24, 2.45) is 0 Å². The highest BCUT2D eigenvalue weighted by Gasteiger charge is 2.22. The van der Waals surface area contributed by atoms with Crippen LogP contribution in [0.15, 0.2) is 54.6 Å². The molecule has 1 aliphatic rings. The summed E-state index contributed by atoms with van der Waals surface area (Å²) in [4.78, 5) is 16.6. The lowest BCUT2D eigenvalue weighted by molar-refractivity contribution is -0.133. The van der Waals surface area contributed by atoms with Crippen molar-refractivity contribution < 1.29 is 19.0 Å². The van der Waals surface area contributed by atoms with E-state index in [2.05, 4.69) is 28.9 Å². The highest BCUT2D eigenvalue weighted by Crippen LogP contribution is 2.31. The molecule has 3 aromatic rings. The number of amides is 1. The van der Waals surface area contributed by atoms with Gasteiger partial charge in [0.1, 0.15) is 5.75 Å². The third-order valence-electron chi connectivity index (χ3n) is 6.20. The average Bonchev–Trinajstić information content (AvgIpc) is 2.91. The number of benzene rings is 2. The molecular formula is C27H32N4O4. The number of hydrogen-bond acceptors (Lipinski definition) is 7. The predicted molar refractivity (Wildman–Crippen MR) is 135 cm³/mol. The summed E-state index contributed by atoms with van der Waals surface area (Å²) in [6.45, 7) is 6.97. The molecular weight excluding hydrogens is 444 g/mol. The van der Waals surface area contributed by atoms with Gasteiger partial charge < -0.3 is 24.0 Å². The summed E-state index contributed by atoms with van der Waals surface area (Å²) in [5.41, 5.74) is 2.90.